The van der Waals surface area contributed by atoms with Gasteiger partial charge in [0.25, 0.3) is 0 Å². The number of aromatic nitrogens is 3. The maximum atomic E-state index is 13.0. The lowest BCUT2D eigenvalue weighted by Gasteiger charge is -2.25. The van der Waals surface area contributed by atoms with Crippen molar-refractivity contribution in [3.05, 3.63) is 22.5 Å². The van der Waals surface area contributed by atoms with E-state index in [4.69, 9.17) is 15.7 Å². The minimum atomic E-state index is -0.730. The Morgan fingerprint density at radius 1 is 1.30 bits per heavy atom. The second-order valence-corrected chi connectivity index (χ2v) is 9.38. The summed E-state index contributed by atoms with van der Waals surface area (Å²) in [5.41, 5.74) is 7.98. The Balaban J connectivity index is 1.41. The number of amides is 2. The molecule has 5 rings (SSSR count). The van der Waals surface area contributed by atoms with E-state index in [-0.39, 0.29) is 24.2 Å². The molecule has 30 heavy (non-hydrogen) atoms. The summed E-state index contributed by atoms with van der Waals surface area (Å²) in [5.74, 6) is 0.557. The fraction of sp³-hybridized carbons (Fsp3) is 0.571. The lowest BCUT2D eigenvalue weighted by Crippen LogP contribution is -2.49. The van der Waals surface area contributed by atoms with Crippen LogP contribution in [-0.4, -0.2) is 56.8 Å². The number of piperidine rings is 1. The molecule has 2 aromatic heterocycles. The number of nitrogens with two attached hydrogens (primary N) is 1. The van der Waals surface area contributed by atoms with Crippen LogP contribution in [0.2, 0.25) is 0 Å². The molecule has 3 heterocycles. The predicted octanol–water partition coefficient (Wildman–Crippen LogP) is 1.56. The number of carbonyl (C=O) groups is 2. The highest BCUT2D eigenvalue weighted by atomic mass is 32.1. The molecule has 3 aliphatic rings. The number of hydrogen-bond acceptors (Lipinski definition) is 7. The Morgan fingerprint density at radius 2 is 2.10 bits per heavy atom. The molecule has 0 spiro atoms. The van der Waals surface area contributed by atoms with E-state index in [1.807, 2.05) is 6.20 Å². The smallest absolute Gasteiger partial charge is 0.243 e. The molecule has 1 aliphatic heterocycles. The van der Waals surface area contributed by atoms with Crippen molar-refractivity contribution in [2.24, 2.45) is 11.7 Å². The molecule has 0 aromatic carbocycles. The molecule has 0 radical (unpaired) electrons. The number of nitrogens with zero attached hydrogens (tertiary/aromatic N) is 5. The Morgan fingerprint density at radius 3 is 2.80 bits per heavy atom. The summed E-state index contributed by atoms with van der Waals surface area (Å²) in [7, 11) is 0. The van der Waals surface area contributed by atoms with Gasteiger partial charge in [0.05, 0.1) is 22.7 Å². The Kier molecular flexibility index (Phi) is 4.53. The molecular formula is C21H26N6O2S. The molecule has 9 heteroatoms. The van der Waals surface area contributed by atoms with Gasteiger partial charge in [0.1, 0.15) is 10.5 Å². The van der Waals surface area contributed by atoms with Gasteiger partial charge in [-0.25, -0.2) is 15.0 Å². The third-order valence-electron chi connectivity index (χ3n) is 6.77. The van der Waals surface area contributed by atoms with Crippen molar-refractivity contribution >= 4 is 29.1 Å². The van der Waals surface area contributed by atoms with Crippen molar-refractivity contribution in [3.8, 4) is 10.6 Å². The Hall–Kier alpha value is -2.55. The van der Waals surface area contributed by atoms with Gasteiger partial charge in [-0.1, -0.05) is 0 Å². The first-order valence-electron chi connectivity index (χ1n) is 10.7. The fourth-order valence-corrected chi connectivity index (χ4v) is 6.13. The van der Waals surface area contributed by atoms with Gasteiger partial charge in [-0.2, -0.15) is 0 Å². The van der Waals surface area contributed by atoms with Crippen LogP contribution in [0.1, 0.15) is 43.0 Å². The number of hydrogen-bond donors (Lipinski definition) is 1. The number of primary amides is 1. The van der Waals surface area contributed by atoms with E-state index in [0.717, 1.165) is 65.1 Å². The summed E-state index contributed by atoms with van der Waals surface area (Å²) in [6.07, 6.45) is 5.40. The first kappa shape index (κ1) is 19.4. The van der Waals surface area contributed by atoms with Crippen LogP contribution in [0.15, 0.2) is 6.20 Å². The molecular weight excluding hydrogens is 400 g/mol. The first-order valence-corrected chi connectivity index (χ1v) is 11.5. The van der Waals surface area contributed by atoms with Crippen LogP contribution in [0.5, 0.6) is 0 Å². The van der Waals surface area contributed by atoms with Gasteiger partial charge >= 0.3 is 0 Å². The van der Waals surface area contributed by atoms with Crippen LogP contribution < -0.4 is 10.6 Å². The molecule has 0 bridgehead atoms. The summed E-state index contributed by atoms with van der Waals surface area (Å²) >= 11 is 1.54. The topological polar surface area (TPSA) is 105 Å². The standard InChI is InChI=1S/C21H26N6O2S/c1-3-26(4-2)20-23-11-12-5-6-14-18(17(12)25-20)30-15(24-14)9-16(28)27-8-7-13-10-21(13,27)19(22)29/h11,13H,3-10H2,1-2H3,(H2,22,29)/t13-,21+/m1/s1. The Bertz CT molecular complexity index is 1030. The van der Waals surface area contributed by atoms with Crippen molar-refractivity contribution in [3.63, 3.8) is 0 Å². The molecule has 0 unspecified atom stereocenters. The highest BCUT2D eigenvalue weighted by Crippen LogP contribution is 2.55. The molecule has 8 nitrogen and oxygen atoms in total. The monoisotopic (exact) mass is 426 g/mol. The number of likely N-dealkylation sites (tertiary alicyclic amines) is 1. The molecule has 2 aromatic rings. The number of aryl methyl sites for hydroxylation is 2. The van der Waals surface area contributed by atoms with Crippen molar-refractivity contribution in [2.75, 3.05) is 24.5 Å². The SMILES string of the molecule is CCN(CC)c1ncc2c(n1)-c1sc(CC(=O)N3CC[C@@H]4C[C@@]43C(N)=O)nc1CC2. The van der Waals surface area contributed by atoms with Gasteiger partial charge in [-0.3, -0.25) is 9.59 Å². The summed E-state index contributed by atoms with van der Waals surface area (Å²) in [6, 6.07) is 0. The molecule has 2 aliphatic carbocycles. The highest BCUT2D eigenvalue weighted by molar-refractivity contribution is 7.15. The number of anilines is 1. The normalized spacial score (nSPS) is 23.5. The largest absolute Gasteiger partial charge is 0.368 e. The number of rotatable bonds is 6. The van der Waals surface area contributed by atoms with E-state index in [9.17, 15) is 9.59 Å². The van der Waals surface area contributed by atoms with E-state index in [1.54, 1.807) is 4.90 Å². The minimum absolute atomic E-state index is 0.0494. The van der Waals surface area contributed by atoms with E-state index >= 15 is 0 Å². The Labute approximate surface area is 179 Å². The van der Waals surface area contributed by atoms with Crippen molar-refractivity contribution < 1.29 is 9.59 Å². The lowest BCUT2D eigenvalue weighted by molar-refractivity contribution is -0.139. The molecule has 2 fully saturated rings. The van der Waals surface area contributed by atoms with E-state index in [1.165, 1.54) is 11.3 Å². The van der Waals surface area contributed by atoms with Crippen LogP contribution in [0.3, 0.4) is 0 Å². The molecule has 158 valence electrons. The molecule has 1 saturated carbocycles. The summed E-state index contributed by atoms with van der Waals surface area (Å²) in [6.45, 7) is 6.50. The van der Waals surface area contributed by atoms with Gasteiger partial charge in [-0.05, 0) is 51.0 Å². The maximum absolute atomic E-state index is 13.0. The third kappa shape index (κ3) is 2.82. The lowest BCUT2D eigenvalue weighted by atomic mass is 10.00. The van der Waals surface area contributed by atoms with Gasteiger partial charge < -0.3 is 15.5 Å². The van der Waals surface area contributed by atoms with Crippen LogP contribution in [0, 0.1) is 5.92 Å². The molecule has 2 N–H and O–H groups in total. The van der Waals surface area contributed by atoms with Gasteiger partial charge in [-0.15, -0.1) is 11.3 Å². The highest BCUT2D eigenvalue weighted by Gasteiger charge is 2.67. The van der Waals surface area contributed by atoms with Crippen LogP contribution in [0.4, 0.5) is 5.95 Å². The zero-order valence-corrected chi connectivity index (χ0v) is 18.2. The molecule has 1 saturated heterocycles. The number of fused-ring (bicyclic) bond motifs is 4. The first-order chi connectivity index (χ1) is 14.5. The van der Waals surface area contributed by atoms with E-state index < -0.39 is 5.54 Å². The summed E-state index contributed by atoms with van der Waals surface area (Å²) in [5, 5.41) is 0.782. The minimum Gasteiger partial charge on any atom is -0.368 e. The van der Waals surface area contributed by atoms with Crippen molar-refractivity contribution in [1.29, 1.82) is 0 Å². The van der Waals surface area contributed by atoms with Crippen molar-refractivity contribution in [2.45, 2.75) is 51.5 Å². The number of thiazole rings is 1. The third-order valence-corrected chi connectivity index (χ3v) is 7.88. The van der Waals surface area contributed by atoms with Gasteiger partial charge in [0.2, 0.25) is 17.8 Å². The summed E-state index contributed by atoms with van der Waals surface area (Å²) in [4.78, 5) is 44.0. The second-order valence-electron chi connectivity index (χ2n) is 8.30. The fourth-order valence-electron chi connectivity index (χ4n) is 5.00. The van der Waals surface area contributed by atoms with Crippen LogP contribution in [0.25, 0.3) is 10.6 Å². The van der Waals surface area contributed by atoms with E-state index in [0.29, 0.717) is 13.0 Å². The van der Waals surface area contributed by atoms with Gasteiger partial charge in [0, 0.05) is 25.8 Å². The number of carbonyl (C=O) groups excluding carboxylic acids is 2. The average molecular weight is 427 g/mol. The van der Waals surface area contributed by atoms with Gasteiger partial charge in [0.15, 0.2) is 0 Å². The quantitative estimate of drug-likeness (QED) is 0.752. The van der Waals surface area contributed by atoms with Crippen LogP contribution in [-0.2, 0) is 28.9 Å². The van der Waals surface area contributed by atoms with E-state index in [2.05, 4.69) is 23.7 Å². The van der Waals surface area contributed by atoms with Crippen molar-refractivity contribution in [1.82, 2.24) is 19.9 Å². The zero-order chi connectivity index (χ0) is 21.0. The second kappa shape index (κ2) is 7.01. The molecule has 2 amide bonds. The zero-order valence-electron chi connectivity index (χ0n) is 17.3. The molecule has 2 atom stereocenters. The average Bonchev–Trinajstić information content (AvgIpc) is 3.13. The predicted molar refractivity (Wildman–Crippen MR) is 114 cm³/mol. The maximum Gasteiger partial charge on any atom is 0.243 e. The van der Waals surface area contributed by atoms with Crippen LogP contribution >= 0.6 is 11.3 Å². The summed E-state index contributed by atoms with van der Waals surface area (Å²) < 4.78 is 0.